The average Bonchev–Trinajstić information content (AvgIpc) is 2.76. The standard InChI is InChI=1S/C11H11BrF2N2O/c12-8-3-7(13)4-9(14)10(8)16-11(17)6-1-2-15-5-6/h3-4,6,15H,1-2,5H2,(H,16,17). The molecule has 0 aliphatic carbocycles. The molecule has 17 heavy (non-hydrogen) atoms. The first-order valence-corrected chi connectivity index (χ1v) is 6.03. The highest BCUT2D eigenvalue weighted by atomic mass is 79.9. The summed E-state index contributed by atoms with van der Waals surface area (Å²) in [6.45, 7) is 1.37. The summed E-state index contributed by atoms with van der Waals surface area (Å²) in [6, 6.07) is 1.86. The van der Waals surface area contributed by atoms with E-state index in [9.17, 15) is 13.6 Å². The lowest BCUT2D eigenvalue weighted by Crippen LogP contribution is -2.25. The second kappa shape index (κ2) is 5.10. The second-order valence-corrected chi connectivity index (χ2v) is 4.78. The average molecular weight is 305 g/mol. The summed E-state index contributed by atoms with van der Waals surface area (Å²) in [4.78, 5) is 11.8. The van der Waals surface area contributed by atoms with Crippen molar-refractivity contribution < 1.29 is 13.6 Å². The van der Waals surface area contributed by atoms with Gasteiger partial charge in [0.1, 0.15) is 5.82 Å². The van der Waals surface area contributed by atoms with Crippen LogP contribution in [0.5, 0.6) is 0 Å². The van der Waals surface area contributed by atoms with Crippen LogP contribution in [0.15, 0.2) is 16.6 Å². The number of nitrogens with one attached hydrogen (secondary N) is 2. The molecule has 0 radical (unpaired) electrons. The fourth-order valence-corrected chi connectivity index (χ4v) is 2.27. The number of amides is 1. The summed E-state index contributed by atoms with van der Waals surface area (Å²) in [5, 5.41) is 5.53. The molecule has 1 amide bonds. The predicted molar refractivity (Wildman–Crippen MR) is 63.7 cm³/mol. The molecule has 1 aromatic rings. The van der Waals surface area contributed by atoms with Crippen molar-refractivity contribution in [2.75, 3.05) is 18.4 Å². The monoisotopic (exact) mass is 304 g/mol. The first-order valence-electron chi connectivity index (χ1n) is 5.24. The van der Waals surface area contributed by atoms with Gasteiger partial charge in [-0.1, -0.05) is 0 Å². The number of benzene rings is 1. The van der Waals surface area contributed by atoms with Gasteiger partial charge in [-0.25, -0.2) is 8.78 Å². The number of hydrogen-bond donors (Lipinski definition) is 2. The van der Waals surface area contributed by atoms with E-state index in [4.69, 9.17) is 0 Å². The van der Waals surface area contributed by atoms with Gasteiger partial charge in [-0.15, -0.1) is 0 Å². The Hall–Kier alpha value is -1.01. The molecule has 6 heteroatoms. The third-order valence-electron chi connectivity index (χ3n) is 2.69. The van der Waals surface area contributed by atoms with Crippen molar-refractivity contribution in [3.05, 3.63) is 28.2 Å². The van der Waals surface area contributed by atoms with Crippen molar-refractivity contribution in [2.45, 2.75) is 6.42 Å². The number of hydrogen-bond acceptors (Lipinski definition) is 2. The predicted octanol–water partition coefficient (Wildman–Crippen LogP) is 2.28. The van der Waals surface area contributed by atoms with E-state index >= 15 is 0 Å². The SMILES string of the molecule is O=C(Nc1c(F)cc(F)cc1Br)C1CCNC1. The van der Waals surface area contributed by atoms with E-state index in [0.717, 1.165) is 25.1 Å². The smallest absolute Gasteiger partial charge is 0.228 e. The summed E-state index contributed by atoms with van der Waals surface area (Å²) >= 11 is 3.02. The van der Waals surface area contributed by atoms with Crippen LogP contribution in [0.3, 0.4) is 0 Å². The Kier molecular flexibility index (Phi) is 3.73. The van der Waals surface area contributed by atoms with Crippen LogP contribution in [0.4, 0.5) is 14.5 Å². The largest absolute Gasteiger partial charge is 0.322 e. The highest BCUT2D eigenvalue weighted by Crippen LogP contribution is 2.27. The molecule has 1 saturated heterocycles. The van der Waals surface area contributed by atoms with Crippen LogP contribution in [0, 0.1) is 17.6 Å². The Balaban J connectivity index is 2.15. The molecule has 0 bridgehead atoms. The Bertz CT molecular complexity index is 424. The van der Waals surface area contributed by atoms with Crippen LogP contribution >= 0.6 is 15.9 Å². The zero-order chi connectivity index (χ0) is 12.4. The molecule has 0 spiro atoms. The highest BCUT2D eigenvalue weighted by molar-refractivity contribution is 9.10. The minimum atomic E-state index is -0.781. The van der Waals surface area contributed by atoms with E-state index in [1.54, 1.807) is 0 Å². The van der Waals surface area contributed by atoms with Crippen LogP contribution in [-0.2, 0) is 4.79 Å². The number of halogens is 3. The van der Waals surface area contributed by atoms with Crippen molar-refractivity contribution in [1.82, 2.24) is 5.32 Å². The van der Waals surface area contributed by atoms with Gasteiger partial charge in [-0.2, -0.15) is 0 Å². The molecule has 92 valence electrons. The van der Waals surface area contributed by atoms with Crippen molar-refractivity contribution >= 4 is 27.5 Å². The van der Waals surface area contributed by atoms with E-state index in [1.165, 1.54) is 0 Å². The Morgan fingerprint density at radius 3 is 2.82 bits per heavy atom. The topological polar surface area (TPSA) is 41.1 Å². The zero-order valence-corrected chi connectivity index (χ0v) is 10.5. The molecule has 1 heterocycles. The molecule has 1 fully saturated rings. The normalized spacial score (nSPS) is 19.4. The number of carbonyl (C=O) groups is 1. The van der Waals surface area contributed by atoms with Gasteiger partial charge in [0.25, 0.3) is 0 Å². The molecular weight excluding hydrogens is 294 g/mol. The minimum Gasteiger partial charge on any atom is -0.322 e. The lowest BCUT2D eigenvalue weighted by atomic mass is 10.1. The molecule has 1 atom stereocenters. The van der Waals surface area contributed by atoms with Crippen LogP contribution in [-0.4, -0.2) is 19.0 Å². The number of rotatable bonds is 2. The molecule has 0 saturated carbocycles. The molecule has 1 unspecified atom stereocenters. The first kappa shape index (κ1) is 12.4. The summed E-state index contributed by atoms with van der Waals surface area (Å²) < 4.78 is 26.5. The second-order valence-electron chi connectivity index (χ2n) is 3.92. The maximum Gasteiger partial charge on any atom is 0.228 e. The van der Waals surface area contributed by atoms with Crippen molar-refractivity contribution in [1.29, 1.82) is 0 Å². The minimum absolute atomic E-state index is 0.0108. The molecule has 1 aromatic carbocycles. The van der Waals surface area contributed by atoms with E-state index < -0.39 is 11.6 Å². The van der Waals surface area contributed by atoms with Crippen LogP contribution in [0.2, 0.25) is 0 Å². The van der Waals surface area contributed by atoms with Gasteiger partial charge >= 0.3 is 0 Å². The summed E-state index contributed by atoms with van der Waals surface area (Å²) in [6.07, 6.45) is 0.728. The fraction of sp³-hybridized carbons (Fsp3) is 0.364. The lowest BCUT2D eigenvalue weighted by molar-refractivity contribution is -0.119. The lowest BCUT2D eigenvalue weighted by Gasteiger charge is -2.12. The van der Waals surface area contributed by atoms with Gasteiger partial charge in [0, 0.05) is 17.1 Å². The van der Waals surface area contributed by atoms with Gasteiger partial charge in [0.15, 0.2) is 5.82 Å². The molecule has 1 aliphatic heterocycles. The Morgan fingerprint density at radius 2 is 2.24 bits per heavy atom. The molecule has 2 rings (SSSR count). The first-order chi connectivity index (χ1) is 8.08. The van der Waals surface area contributed by atoms with Crippen molar-refractivity contribution in [2.24, 2.45) is 5.92 Å². The Labute approximate surface area is 106 Å². The van der Waals surface area contributed by atoms with Gasteiger partial charge in [-0.05, 0) is 35.0 Å². The number of carbonyl (C=O) groups excluding carboxylic acids is 1. The van der Waals surface area contributed by atoms with Gasteiger partial charge in [0.2, 0.25) is 5.91 Å². The quantitative estimate of drug-likeness (QED) is 0.880. The summed E-state index contributed by atoms with van der Waals surface area (Å²) in [5.41, 5.74) is -0.0108. The number of anilines is 1. The zero-order valence-electron chi connectivity index (χ0n) is 8.90. The Morgan fingerprint density at radius 1 is 1.47 bits per heavy atom. The van der Waals surface area contributed by atoms with Gasteiger partial charge < -0.3 is 10.6 Å². The molecule has 2 N–H and O–H groups in total. The molecule has 0 aromatic heterocycles. The van der Waals surface area contributed by atoms with E-state index in [2.05, 4.69) is 26.6 Å². The maximum atomic E-state index is 13.5. The van der Waals surface area contributed by atoms with Gasteiger partial charge in [0.05, 0.1) is 11.6 Å². The highest BCUT2D eigenvalue weighted by Gasteiger charge is 2.24. The fourth-order valence-electron chi connectivity index (χ4n) is 1.77. The van der Waals surface area contributed by atoms with E-state index in [-0.39, 0.29) is 22.0 Å². The van der Waals surface area contributed by atoms with Crippen molar-refractivity contribution in [3.63, 3.8) is 0 Å². The third kappa shape index (κ3) is 2.81. The molecule has 3 nitrogen and oxygen atoms in total. The van der Waals surface area contributed by atoms with Gasteiger partial charge in [-0.3, -0.25) is 4.79 Å². The molecule has 1 aliphatic rings. The molecular formula is C11H11BrF2N2O. The van der Waals surface area contributed by atoms with Crippen molar-refractivity contribution in [3.8, 4) is 0 Å². The maximum absolute atomic E-state index is 13.5. The summed E-state index contributed by atoms with van der Waals surface area (Å²) in [5.74, 6) is -1.88. The summed E-state index contributed by atoms with van der Waals surface area (Å²) in [7, 11) is 0. The van der Waals surface area contributed by atoms with E-state index in [1.807, 2.05) is 0 Å². The van der Waals surface area contributed by atoms with Crippen LogP contribution in [0.25, 0.3) is 0 Å². The van der Waals surface area contributed by atoms with Crippen LogP contribution in [0.1, 0.15) is 6.42 Å². The van der Waals surface area contributed by atoms with E-state index in [0.29, 0.717) is 6.54 Å². The van der Waals surface area contributed by atoms with Crippen LogP contribution < -0.4 is 10.6 Å². The third-order valence-corrected chi connectivity index (χ3v) is 3.31.